The van der Waals surface area contributed by atoms with Crippen LogP contribution in [0.3, 0.4) is 0 Å². The fourth-order valence-electron chi connectivity index (χ4n) is 3.46. The molecule has 136 valence electrons. The molecule has 3 aromatic rings. The molecule has 3 rings (SSSR count). The molecule has 1 aromatic heterocycles. The molecule has 26 heavy (non-hydrogen) atoms. The first-order valence-corrected chi connectivity index (χ1v) is 9.45. The van der Waals surface area contributed by atoms with Crippen molar-refractivity contribution in [3.63, 3.8) is 0 Å². The van der Waals surface area contributed by atoms with E-state index in [2.05, 4.69) is 71.5 Å². The number of amides is 1. The number of rotatable bonds is 7. The highest BCUT2D eigenvalue weighted by Crippen LogP contribution is 2.24. The van der Waals surface area contributed by atoms with Crippen molar-refractivity contribution >= 4 is 16.8 Å². The van der Waals surface area contributed by atoms with E-state index < -0.39 is 0 Å². The van der Waals surface area contributed by atoms with Crippen LogP contribution in [-0.4, -0.2) is 16.5 Å². The van der Waals surface area contributed by atoms with Crippen molar-refractivity contribution in [3.8, 4) is 0 Å². The van der Waals surface area contributed by atoms with Crippen LogP contribution in [0.15, 0.2) is 54.7 Å². The highest BCUT2D eigenvalue weighted by Gasteiger charge is 2.10. The van der Waals surface area contributed by atoms with Gasteiger partial charge >= 0.3 is 0 Å². The number of para-hydroxylation sites is 1. The third kappa shape index (κ3) is 4.34. The van der Waals surface area contributed by atoms with Gasteiger partial charge in [-0.25, -0.2) is 0 Å². The molecule has 1 heterocycles. The molecule has 0 atom stereocenters. The molecule has 0 radical (unpaired) electrons. The van der Waals surface area contributed by atoms with E-state index in [4.69, 9.17) is 0 Å². The monoisotopic (exact) mass is 348 g/mol. The van der Waals surface area contributed by atoms with Gasteiger partial charge in [-0.2, -0.15) is 0 Å². The molecule has 0 bridgehead atoms. The van der Waals surface area contributed by atoms with Gasteiger partial charge in [-0.1, -0.05) is 42.5 Å². The van der Waals surface area contributed by atoms with Crippen LogP contribution in [0, 0.1) is 6.92 Å². The Morgan fingerprint density at radius 3 is 2.54 bits per heavy atom. The van der Waals surface area contributed by atoms with Crippen molar-refractivity contribution in [2.24, 2.45) is 0 Å². The van der Waals surface area contributed by atoms with Crippen LogP contribution in [-0.2, 0) is 17.8 Å². The molecule has 3 nitrogen and oxygen atoms in total. The van der Waals surface area contributed by atoms with E-state index in [1.165, 1.54) is 27.6 Å². The summed E-state index contributed by atoms with van der Waals surface area (Å²) in [5.41, 5.74) is 5.25. The molecule has 1 N–H and O–H groups in total. The Hall–Kier alpha value is -2.55. The van der Waals surface area contributed by atoms with E-state index in [1.54, 1.807) is 0 Å². The largest absolute Gasteiger partial charge is 0.354 e. The highest BCUT2D eigenvalue weighted by molar-refractivity contribution is 5.84. The number of aryl methyl sites for hydroxylation is 2. The second-order valence-corrected chi connectivity index (χ2v) is 7.30. The van der Waals surface area contributed by atoms with Crippen LogP contribution < -0.4 is 5.32 Å². The summed E-state index contributed by atoms with van der Waals surface area (Å²) in [6.07, 6.45) is 4.64. The first-order valence-electron chi connectivity index (χ1n) is 9.45. The van der Waals surface area contributed by atoms with Crippen LogP contribution in [0.2, 0.25) is 0 Å². The van der Waals surface area contributed by atoms with Crippen molar-refractivity contribution in [2.75, 3.05) is 0 Å². The van der Waals surface area contributed by atoms with Gasteiger partial charge in [0, 0.05) is 36.1 Å². The quantitative estimate of drug-likeness (QED) is 0.651. The summed E-state index contributed by atoms with van der Waals surface area (Å²) in [5.74, 6) is 0.142. The molecular formula is C23H28N2O. The second-order valence-electron chi connectivity index (χ2n) is 7.30. The minimum Gasteiger partial charge on any atom is -0.354 e. The summed E-state index contributed by atoms with van der Waals surface area (Å²) in [6.45, 7) is 7.03. The number of hydrogen-bond acceptors (Lipinski definition) is 1. The van der Waals surface area contributed by atoms with E-state index in [-0.39, 0.29) is 11.9 Å². The van der Waals surface area contributed by atoms with Gasteiger partial charge in [0.25, 0.3) is 0 Å². The maximum Gasteiger partial charge on any atom is 0.220 e. The summed E-state index contributed by atoms with van der Waals surface area (Å²) in [6, 6.07) is 17.3. The summed E-state index contributed by atoms with van der Waals surface area (Å²) in [7, 11) is 0. The highest BCUT2D eigenvalue weighted by atomic mass is 16.1. The van der Waals surface area contributed by atoms with E-state index in [1.807, 2.05) is 13.8 Å². The fraction of sp³-hybridized carbons (Fsp3) is 0.348. The molecule has 0 spiro atoms. The van der Waals surface area contributed by atoms with Crippen molar-refractivity contribution < 1.29 is 4.79 Å². The first-order chi connectivity index (χ1) is 12.5. The van der Waals surface area contributed by atoms with Crippen molar-refractivity contribution in [1.82, 2.24) is 9.88 Å². The van der Waals surface area contributed by atoms with Gasteiger partial charge in [0.05, 0.1) is 0 Å². The molecule has 0 aliphatic carbocycles. The Bertz CT molecular complexity index is 892. The second kappa shape index (κ2) is 8.22. The zero-order valence-electron chi connectivity index (χ0n) is 16.0. The Balaban J connectivity index is 1.77. The first kappa shape index (κ1) is 18.2. The lowest BCUT2D eigenvalue weighted by atomic mass is 10.1. The van der Waals surface area contributed by atoms with E-state index in [9.17, 15) is 4.79 Å². The molecule has 0 saturated heterocycles. The van der Waals surface area contributed by atoms with Crippen LogP contribution in [0.5, 0.6) is 0 Å². The Morgan fingerprint density at radius 2 is 1.77 bits per heavy atom. The van der Waals surface area contributed by atoms with Gasteiger partial charge in [-0.15, -0.1) is 0 Å². The lowest BCUT2D eigenvalue weighted by molar-refractivity contribution is -0.121. The van der Waals surface area contributed by atoms with Gasteiger partial charge in [-0.05, 0) is 56.4 Å². The van der Waals surface area contributed by atoms with Gasteiger partial charge in [0.2, 0.25) is 5.91 Å². The molecular weight excluding hydrogens is 320 g/mol. The lowest BCUT2D eigenvalue weighted by Crippen LogP contribution is -2.29. The predicted octanol–water partition coefficient (Wildman–Crippen LogP) is 4.85. The molecule has 0 aliphatic heterocycles. The molecule has 1 amide bonds. The number of nitrogens with one attached hydrogen (secondary N) is 1. The number of benzene rings is 2. The number of nitrogens with zero attached hydrogens (tertiary/aromatic N) is 1. The molecule has 3 heteroatoms. The van der Waals surface area contributed by atoms with Gasteiger partial charge in [-0.3, -0.25) is 4.79 Å². The van der Waals surface area contributed by atoms with Gasteiger partial charge in [0.1, 0.15) is 0 Å². The average Bonchev–Trinajstić information content (AvgIpc) is 2.94. The molecule has 0 fully saturated rings. The maximum atomic E-state index is 11.9. The van der Waals surface area contributed by atoms with Crippen molar-refractivity contribution in [1.29, 1.82) is 0 Å². The summed E-state index contributed by atoms with van der Waals surface area (Å²) >= 11 is 0. The molecule has 0 aliphatic rings. The fourth-order valence-corrected chi connectivity index (χ4v) is 3.46. The van der Waals surface area contributed by atoms with Crippen LogP contribution >= 0.6 is 0 Å². The van der Waals surface area contributed by atoms with Gasteiger partial charge in [0.15, 0.2) is 0 Å². The minimum atomic E-state index is 0.142. The van der Waals surface area contributed by atoms with Crippen molar-refractivity contribution in [3.05, 3.63) is 71.4 Å². The van der Waals surface area contributed by atoms with Gasteiger partial charge < -0.3 is 9.88 Å². The van der Waals surface area contributed by atoms with E-state index >= 15 is 0 Å². The lowest BCUT2D eigenvalue weighted by Gasteiger charge is -2.08. The third-order valence-electron chi connectivity index (χ3n) is 4.77. The predicted molar refractivity (Wildman–Crippen MR) is 108 cm³/mol. The van der Waals surface area contributed by atoms with Crippen LogP contribution in [0.1, 0.15) is 43.4 Å². The zero-order valence-corrected chi connectivity index (χ0v) is 16.0. The van der Waals surface area contributed by atoms with Crippen LogP contribution in [0.4, 0.5) is 0 Å². The molecule has 0 unspecified atom stereocenters. The maximum absolute atomic E-state index is 11.9. The minimum absolute atomic E-state index is 0.142. The topological polar surface area (TPSA) is 34.0 Å². The molecule has 2 aromatic carbocycles. The summed E-state index contributed by atoms with van der Waals surface area (Å²) in [5, 5.41) is 4.26. The number of fused-ring (bicyclic) bond motifs is 1. The van der Waals surface area contributed by atoms with Crippen molar-refractivity contribution in [2.45, 2.75) is 52.6 Å². The number of carbonyl (C=O) groups excluding carboxylic acids is 1. The standard InChI is InChI=1S/C23H28N2O/c1-17(2)24-23(26)14-8-11-20-16-25(22-13-7-6-12-21(20)22)15-19-10-5-4-9-18(19)3/h4-7,9-10,12-13,16-17H,8,11,14-15H2,1-3H3,(H,24,26). The number of hydrogen-bond donors (Lipinski definition) is 1. The normalized spacial score (nSPS) is 11.2. The SMILES string of the molecule is Cc1ccccc1Cn1cc(CCCC(=O)NC(C)C)c2ccccc21. The Labute approximate surface area is 156 Å². The smallest absolute Gasteiger partial charge is 0.220 e. The molecule has 0 saturated carbocycles. The van der Waals surface area contributed by atoms with Crippen LogP contribution in [0.25, 0.3) is 10.9 Å². The number of carbonyl (C=O) groups is 1. The van der Waals surface area contributed by atoms with E-state index in [0.29, 0.717) is 6.42 Å². The van der Waals surface area contributed by atoms with E-state index in [0.717, 1.165) is 19.4 Å². The average molecular weight is 348 g/mol. The summed E-state index contributed by atoms with van der Waals surface area (Å²) in [4.78, 5) is 11.9. The summed E-state index contributed by atoms with van der Waals surface area (Å²) < 4.78 is 2.33. The third-order valence-corrected chi connectivity index (χ3v) is 4.77. The zero-order chi connectivity index (χ0) is 18.5. The Morgan fingerprint density at radius 1 is 1.04 bits per heavy atom. The number of aromatic nitrogens is 1. The Kier molecular flexibility index (Phi) is 5.77.